The van der Waals surface area contributed by atoms with E-state index in [-0.39, 0.29) is 16.2 Å². The summed E-state index contributed by atoms with van der Waals surface area (Å²) in [6, 6.07) is 27.2. The molecule has 0 saturated carbocycles. The molecule has 1 aliphatic heterocycles. The average molecular weight is 491 g/mol. The van der Waals surface area contributed by atoms with Gasteiger partial charge in [0.15, 0.2) is 0 Å². The summed E-state index contributed by atoms with van der Waals surface area (Å²) in [6.07, 6.45) is 0. The third kappa shape index (κ3) is 4.34. The molecule has 1 N–H and O–H groups in total. The molecule has 0 bridgehead atoms. The van der Waals surface area contributed by atoms with Crippen LogP contribution in [0, 0.1) is 0 Å². The molecule has 8 heteroatoms. The molecule has 5 rings (SSSR count). The molecule has 34 heavy (non-hydrogen) atoms. The number of amides is 1. The molecule has 1 amide bonds. The molecule has 1 heterocycles. The standard InChI is InChI=1S/C26H22N2O4S2/c1-32-23-13-11-22(12-14-23)28-25(29)17-33-26(28)19-6-9-21(10-7-19)27-34(30,31)24-15-8-18-4-2-3-5-20(18)16-24/h2-16,26-27H,17H2,1H3/t26-/m0/s1. The molecule has 1 saturated heterocycles. The van der Waals surface area contributed by atoms with Crippen molar-refractivity contribution in [2.75, 3.05) is 22.5 Å². The average Bonchev–Trinajstić information content (AvgIpc) is 3.25. The van der Waals surface area contributed by atoms with Crippen LogP contribution in [0.25, 0.3) is 10.8 Å². The number of anilines is 2. The van der Waals surface area contributed by atoms with E-state index in [2.05, 4.69) is 4.72 Å². The smallest absolute Gasteiger partial charge is 0.261 e. The van der Waals surface area contributed by atoms with Crippen LogP contribution in [0.1, 0.15) is 10.9 Å². The number of thioether (sulfide) groups is 1. The number of carbonyl (C=O) groups excluding carboxylic acids is 1. The van der Waals surface area contributed by atoms with Gasteiger partial charge in [-0.1, -0.05) is 42.5 Å². The molecule has 172 valence electrons. The lowest BCUT2D eigenvalue weighted by molar-refractivity contribution is -0.115. The van der Waals surface area contributed by atoms with Crippen LogP contribution in [0.2, 0.25) is 0 Å². The van der Waals surface area contributed by atoms with Crippen molar-refractivity contribution in [1.82, 2.24) is 0 Å². The number of sulfonamides is 1. The molecule has 0 unspecified atom stereocenters. The Bertz CT molecular complexity index is 1450. The van der Waals surface area contributed by atoms with Crippen molar-refractivity contribution in [2.24, 2.45) is 0 Å². The van der Waals surface area contributed by atoms with E-state index in [1.165, 1.54) is 11.8 Å². The molecular formula is C26H22N2O4S2. The summed E-state index contributed by atoms with van der Waals surface area (Å²) in [5.41, 5.74) is 2.17. The highest BCUT2D eigenvalue weighted by Gasteiger charge is 2.34. The van der Waals surface area contributed by atoms with Gasteiger partial charge in [0.25, 0.3) is 10.0 Å². The van der Waals surface area contributed by atoms with Crippen molar-refractivity contribution in [3.05, 3.63) is 96.6 Å². The fourth-order valence-corrected chi connectivity index (χ4v) is 6.23. The minimum absolute atomic E-state index is 0.0289. The number of nitrogens with one attached hydrogen (secondary N) is 1. The van der Waals surface area contributed by atoms with Gasteiger partial charge in [0.05, 0.1) is 17.8 Å². The van der Waals surface area contributed by atoms with E-state index in [0.717, 1.165) is 27.8 Å². The minimum atomic E-state index is -3.74. The van der Waals surface area contributed by atoms with Gasteiger partial charge in [-0.25, -0.2) is 8.42 Å². The second-order valence-electron chi connectivity index (χ2n) is 7.86. The van der Waals surface area contributed by atoms with E-state index in [9.17, 15) is 13.2 Å². The van der Waals surface area contributed by atoms with Crippen LogP contribution in [-0.2, 0) is 14.8 Å². The van der Waals surface area contributed by atoms with Gasteiger partial charge >= 0.3 is 0 Å². The SMILES string of the molecule is COc1ccc(N2C(=O)CS[C@H]2c2ccc(NS(=O)(=O)c3ccc4ccccc4c3)cc2)cc1. The maximum Gasteiger partial charge on any atom is 0.261 e. The van der Waals surface area contributed by atoms with Gasteiger partial charge in [-0.15, -0.1) is 11.8 Å². The van der Waals surface area contributed by atoms with Gasteiger partial charge in [0.1, 0.15) is 11.1 Å². The zero-order valence-corrected chi connectivity index (χ0v) is 20.0. The molecule has 0 radical (unpaired) electrons. The first kappa shape index (κ1) is 22.3. The van der Waals surface area contributed by atoms with E-state index in [4.69, 9.17) is 4.74 Å². The zero-order valence-electron chi connectivity index (χ0n) is 18.3. The Hall–Kier alpha value is -3.49. The van der Waals surface area contributed by atoms with Gasteiger partial charge in [-0.2, -0.15) is 0 Å². The van der Waals surface area contributed by atoms with E-state index in [1.807, 2.05) is 60.7 Å². The molecule has 0 aromatic heterocycles. The van der Waals surface area contributed by atoms with Crippen LogP contribution < -0.4 is 14.4 Å². The highest BCUT2D eigenvalue weighted by atomic mass is 32.2. The third-order valence-corrected chi connectivity index (χ3v) is 8.29. The quantitative estimate of drug-likeness (QED) is 0.390. The topological polar surface area (TPSA) is 75.7 Å². The summed E-state index contributed by atoms with van der Waals surface area (Å²) in [5.74, 6) is 1.14. The monoisotopic (exact) mass is 490 g/mol. The fraction of sp³-hybridized carbons (Fsp3) is 0.115. The lowest BCUT2D eigenvalue weighted by Crippen LogP contribution is -2.27. The van der Waals surface area contributed by atoms with Crippen molar-refractivity contribution >= 4 is 49.8 Å². The molecule has 6 nitrogen and oxygen atoms in total. The number of hydrogen-bond acceptors (Lipinski definition) is 5. The second kappa shape index (κ2) is 9.04. The molecular weight excluding hydrogens is 468 g/mol. The first-order chi connectivity index (χ1) is 16.4. The predicted molar refractivity (Wildman–Crippen MR) is 137 cm³/mol. The van der Waals surface area contributed by atoms with Crippen molar-refractivity contribution in [3.8, 4) is 5.75 Å². The summed E-state index contributed by atoms with van der Waals surface area (Å²) >= 11 is 1.54. The molecule has 1 atom stereocenters. The highest BCUT2D eigenvalue weighted by Crippen LogP contribution is 2.42. The Kier molecular flexibility index (Phi) is 5.93. The summed E-state index contributed by atoms with van der Waals surface area (Å²) < 4.78 is 33.7. The van der Waals surface area contributed by atoms with E-state index < -0.39 is 10.0 Å². The van der Waals surface area contributed by atoms with E-state index in [1.54, 1.807) is 42.3 Å². The van der Waals surface area contributed by atoms with Crippen molar-refractivity contribution in [1.29, 1.82) is 0 Å². The highest BCUT2D eigenvalue weighted by molar-refractivity contribution is 8.00. The number of rotatable bonds is 6. The number of methoxy groups -OCH3 is 1. The van der Waals surface area contributed by atoms with Crippen LogP contribution in [-0.4, -0.2) is 27.2 Å². The van der Waals surface area contributed by atoms with Gasteiger partial charge in [-0.3, -0.25) is 14.4 Å². The van der Waals surface area contributed by atoms with E-state index in [0.29, 0.717) is 11.4 Å². The van der Waals surface area contributed by atoms with Crippen LogP contribution in [0.15, 0.2) is 95.9 Å². The Morgan fingerprint density at radius 3 is 2.32 bits per heavy atom. The molecule has 4 aromatic rings. The number of ether oxygens (including phenoxy) is 1. The molecule has 1 fully saturated rings. The van der Waals surface area contributed by atoms with Gasteiger partial charge in [-0.05, 0) is 64.9 Å². The second-order valence-corrected chi connectivity index (χ2v) is 10.6. The maximum absolute atomic E-state index is 12.9. The molecule has 0 spiro atoms. The van der Waals surface area contributed by atoms with Crippen molar-refractivity contribution < 1.29 is 17.9 Å². The summed E-state index contributed by atoms with van der Waals surface area (Å²) in [4.78, 5) is 14.6. The first-order valence-corrected chi connectivity index (χ1v) is 13.2. The number of hydrogen-bond donors (Lipinski definition) is 1. The summed E-state index contributed by atoms with van der Waals surface area (Å²) in [5, 5.41) is 1.66. The zero-order chi connectivity index (χ0) is 23.7. The lowest BCUT2D eigenvalue weighted by atomic mass is 10.1. The third-order valence-electron chi connectivity index (χ3n) is 5.70. The number of fused-ring (bicyclic) bond motifs is 1. The fourth-order valence-electron chi connectivity index (χ4n) is 3.96. The van der Waals surface area contributed by atoms with Gasteiger partial charge < -0.3 is 4.74 Å². The van der Waals surface area contributed by atoms with Crippen LogP contribution in [0.4, 0.5) is 11.4 Å². The number of nitrogens with zero attached hydrogens (tertiary/aromatic N) is 1. The summed E-state index contributed by atoms with van der Waals surface area (Å²) in [6.45, 7) is 0. The Balaban J connectivity index is 1.36. The van der Waals surface area contributed by atoms with Crippen molar-refractivity contribution in [2.45, 2.75) is 10.3 Å². The molecule has 4 aromatic carbocycles. The Morgan fingerprint density at radius 1 is 0.912 bits per heavy atom. The molecule has 1 aliphatic rings. The van der Waals surface area contributed by atoms with Crippen LogP contribution in [0.5, 0.6) is 5.75 Å². The van der Waals surface area contributed by atoms with Gasteiger partial charge in [0, 0.05) is 11.4 Å². The number of carbonyl (C=O) groups is 1. The lowest BCUT2D eigenvalue weighted by Gasteiger charge is -2.24. The van der Waals surface area contributed by atoms with Crippen LogP contribution in [0.3, 0.4) is 0 Å². The van der Waals surface area contributed by atoms with E-state index >= 15 is 0 Å². The minimum Gasteiger partial charge on any atom is -0.497 e. The summed E-state index contributed by atoms with van der Waals surface area (Å²) in [7, 11) is -2.14. The normalized spacial score (nSPS) is 16.1. The Morgan fingerprint density at radius 2 is 1.62 bits per heavy atom. The largest absolute Gasteiger partial charge is 0.497 e. The maximum atomic E-state index is 12.9. The number of benzene rings is 4. The first-order valence-electron chi connectivity index (χ1n) is 10.6. The van der Waals surface area contributed by atoms with Gasteiger partial charge in [0.2, 0.25) is 5.91 Å². The predicted octanol–water partition coefficient (Wildman–Crippen LogP) is 5.43. The Labute approximate surface area is 202 Å². The molecule has 0 aliphatic carbocycles. The van der Waals surface area contributed by atoms with Crippen molar-refractivity contribution in [3.63, 3.8) is 0 Å². The van der Waals surface area contributed by atoms with Crippen LogP contribution >= 0.6 is 11.8 Å².